The van der Waals surface area contributed by atoms with Crippen molar-refractivity contribution >= 4 is 5.82 Å². The third kappa shape index (κ3) is 3.34. The zero-order valence-corrected chi connectivity index (χ0v) is 13.8. The van der Waals surface area contributed by atoms with Gasteiger partial charge in [0.05, 0.1) is 12.6 Å². The average Bonchev–Trinajstić information content (AvgIpc) is 3.08. The van der Waals surface area contributed by atoms with Crippen molar-refractivity contribution in [2.75, 3.05) is 11.9 Å². The molecule has 1 aliphatic carbocycles. The minimum Gasteiger partial charge on any atom is -0.393 e. The van der Waals surface area contributed by atoms with Gasteiger partial charge in [0.25, 0.3) is 0 Å². The number of nitrogens with zero attached hydrogens (tertiary/aromatic N) is 6. The van der Waals surface area contributed by atoms with E-state index in [4.69, 9.17) is 4.52 Å². The highest BCUT2D eigenvalue weighted by Gasteiger charge is 2.30. The Hall–Kier alpha value is -2.87. The van der Waals surface area contributed by atoms with Gasteiger partial charge in [0.2, 0.25) is 11.7 Å². The van der Waals surface area contributed by atoms with E-state index in [1.165, 1.54) is 0 Å². The maximum Gasteiger partial charge on any atom is 0.246 e. The second kappa shape index (κ2) is 6.56. The molecule has 0 aromatic carbocycles. The van der Waals surface area contributed by atoms with Gasteiger partial charge in [0, 0.05) is 42.7 Å². The lowest BCUT2D eigenvalue weighted by atomic mass is 9.80. The summed E-state index contributed by atoms with van der Waals surface area (Å²) >= 11 is 0. The molecule has 0 radical (unpaired) electrons. The van der Waals surface area contributed by atoms with E-state index < -0.39 is 0 Å². The van der Waals surface area contributed by atoms with Crippen LogP contribution in [0.5, 0.6) is 0 Å². The third-order valence-electron chi connectivity index (χ3n) is 4.36. The highest BCUT2D eigenvalue weighted by molar-refractivity contribution is 5.52. The first-order valence-electron chi connectivity index (χ1n) is 8.13. The minimum atomic E-state index is -0.203. The Morgan fingerprint density at radius 1 is 1.32 bits per heavy atom. The molecule has 8 nitrogen and oxygen atoms in total. The Balaban J connectivity index is 1.46. The van der Waals surface area contributed by atoms with Crippen molar-refractivity contribution in [3.8, 4) is 11.4 Å². The normalized spacial score (nSPS) is 19.4. The fraction of sp³-hybridized carbons (Fsp3) is 0.353. The van der Waals surface area contributed by atoms with Crippen molar-refractivity contribution in [1.29, 1.82) is 0 Å². The van der Waals surface area contributed by atoms with Gasteiger partial charge in [-0.2, -0.15) is 4.98 Å². The molecule has 1 saturated carbocycles. The summed E-state index contributed by atoms with van der Waals surface area (Å²) in [6.07, 6.45) is 6.27. The predicted molar refractivity (Wildman–Crippen MR) is 89.6 cm³/mol. The van der Waals surface area contributed by atoms with Gasteiger partial charge in [-0.1, -0.05) is 5.16 Å². The van der Waals surface area contributed by atoms with E-state index in [9.17, 15) is 5.11 Å². The summed E-state index contributed by atoms with van der Waals surface area (Å²) in [5, 5.41) is 13.5. The van der Waals surface area contributed by atoms with E-state index in [0.29, 0.717) is 24.2 Å². The van der Waals surface area contributed by atoms with Crippen LogP contribution in [0.4, 0.5) is 5.82 Å². The van der Waals surface area contributed by atoms with Crippen LogP contribution in [0.25, 0.3) is 11.4 Å². The van der Waals surface area contributed by atoms with Crippen LogP contribution in [-0.2, 0) is 6.54 Å². The maximum absolute atomic E-state index is 9.46. The molecule has 0 unspecified atom stereocenters. The Bertz CT molecular complexity index is 847. The molecule has 3 heterocycles. The number of hydrogen-bond acceptors (Lipinski definition) is 8. The van der Waals surface area contributed by atoms with Crippen LogP contribution in [0, 0.1) is 0 Å². The van der Waals surface area contributed by atoms with E-state index in [0.717, 1.165) is 29.9 Å². The molecular weight excluding hydrogens is 320 g/mol. The molecule has 0 amide bonds. The number of aromatic nitrogens is 5. The molecule has 25 heavy (non-hydrogen) atoms. The van der Waals surface area contributed by atoms with Crippen LogP contribution in [0.3, 0.4) is 0 Å². The molecule has 0 bridgehead atoms. The zero-order chi connectivity index (χ0) is 17.2. The fourth-order valence-electron chi connectivity index (χ4n) is 2.84. The molecule has 4 rings (SSSR count). The fourth-order valence-corrected chi connectivity index (χ4v) is 2.84. The third-order valence-corrected chi connectivity index (χ3v) is 4.36. The standard InChI is InChI=1S/C17H18N6O2/c1-23(15-7-14(19-10-20-15)12-5-13(24)6-12)9-16-21-17(22-25-16)11-3-2-4-18-8-11/h2-4,7-8,10,12-13,24H,5-6,9H2,1H3. The lowest BCUT2D eigenvalue weighted by Gasteiger charge is -2.31. The molecule has 0 atom stereocenters. The lowest BCUT2D eigenvalue weighted by molar-refractivity contribution is 0.0732. The summed E-state index contributed by atoms with van der Waals surface area (Å²) in [7, 11) is 1.91. The number of hydrogen-bond donors (Lipinski definition) is 1. The van der Waals surface area contributed by atoms with Crippen LogP contribution in [-0.4, -0.2) is 43.4 Å². The largest absolute Gasteiger partial charge is 0.393 e. The van der Waals surface area contributed by atoms with Gasteiger partial charge in [-0.15, -0.1) is 0 Å². The van der Waals surface area contributed by atoms with Gasteiger partial charge in [-0.05, 0) is 25.0 Å². The van der Waals surface area contributed by atoms with E-state index in [1.54, 1.807) is 18.7 Å². The Morgan fingerprint density at radius 2 is 2.20 bits per heavy atom. The predicted octanol–water partition coefficient (Wildman–Crippen LogP) is 1.80. The number of anilines is 1. The molecule has 1 aliphatic rings. The molecule has 0 saturated heterocycles. The van der Waals surface area contributed by atoms with Crippen LogP contribution < -0.4 is 4.90 Å². The summed E-state index contributed by atoms with van der Waals surface area (Å²) in [5.41, 5.74) is 1.77. The van der Waals surface area contributed by atoms with Crippen molar-refractivity contribution in [3.05, 3.63) is 48.5 Å². The number of aliphatic hydroxyl groups is 1. The van der Waals surface area contributed by atoms with Crippen LogP contribution >= 0.6 is 0 Å². The highest BCUT2D eigenvalue weighted by atomic mass is 16.5. The first kappa shape index (κ1) is 15.6. The topological polar surface area (TPSA) is 101 Å². The minimum absolute atomic E-state index is 0.203. The van der Waals surface area contributed by atoms with Crippen molar-refractivity contribution in [1.82, 2.24) is 25.1 Å². The Labute approximate surface area is 144 Å². The molecule has 1 N–H and O–H groups in total. The van der Waals surface area contributed by atoms with Gasteiger partial charge in [0.1, 0.15) is 12.1 Å². The summed E-state index contributed by atoms with van der Waals surface area (Å²) in [6, 6.07) is 5.67. The first-order valence-corrected chi connectivity index (χ1v) is 8.13. The molecular formula is C17H18N6O2. The van der Waals surface area contributed by atoms with Crippen LogP contribution in [0.2, 0.25) is 0 Å². The number of rotatable bonds is 5. The lowest BCUT2D eigenvalue weighted by Crippen LogP contribution is -2.27. The van der Waals surface area contributed by atoms with Crippen molar-refractivity contribution < 1.29 is 9.63 Å². The Morgan fingerprint density at radius 3 is 2.96 bits per heavy atom. The monoisotopic (exact) mass is 338 g/mol. The molecule has 8 heteroatoms. The number of aliphatic hydroxyl groups excluding tert-OH is 1. The van der Waals surface area contributed by atoms with Crippen LogP contribution in [0.1, 0.15) is 30.3 Å². The number of pyridine rings is 1. The molecule has 0 aliphatic heterocycles. The molecule has 1 fully saturated rings. The van der Waals surface area contributed by atoms with Gasteiger partial charge in [0.15, 0.2) is 0 Å². The maximum atomic E-state index is 9.46. The summed E-state index contributed by atoms with van der Waals surface area (Å²) in [5.74, 6) is 2.11. The average molecular weight is 338 g/mol. The first-order chi connectivity index (χ1) is 12.2. The smallest absolute Gasteiger partial charge is 0.246 e. The SMILES string of the molecule is CN(Cc1nc(-c2cccnc2)no1)c1cc(C2CC(O)C2)ncn1. The second-order valence-electron chi connectivity index (χ2n) is 6.23. The quantitative estimate of drug-likeness (QED) is 0.751. The van der Waals surface area contributed by atoms with Crippen molar-refractivity contribution in [2.24, 2.45) is 0 Å². The second-order valence-corrected chi connectivity index (χ2v) is 6.23. The summed E-state index contributed by atoms with van der Waals surface area (Å²) in [4.78, 5) is 19.0. The summed E-state index contributed by atoms with van der Waals surface area (Å²) in [6.45, 7) is 0.441. The van der Waals surface area contributed by atoms with E-state index in [-0.39, 0.29) is 6.10 Å². The molecule has 0 spiro atoms. The highest BCUT2D eigenvalue weighted by Crippen LogP contribution is 2.36. The van der Waals surface area contributed by atoms with E-state index in [2.05, 4.69) is 25.1 Å². The van der Waals surface area contributed by atoms with Gasteiger partial charge >= 0.3 is 0 Å². The molecule has 3 aromatic rings. The van der Waals surface area contributed by atoms with Gasteiger partial charge < -0.3 is 14.5 Å². The molecule has 128 valence electrons. The zero-order valence-electron chi connectivity index (χ0n) is 13.8. The van der Waals surface area contributed by atoms with Crippen molar-refractivity contribution in [3.63, 3.8) is 0 Å². The van der Waals surface area contributed by atoms with E-state index >= 15 is 0 Å². The van der Waals surface area contributed by atoms with Crippen molar-refractivity contribution in [2.45, 2.75) is 31.4 Å². The van der Waals surface area contributed by atoms with E-state index in [1.807, 2.05) is 30.1 Å². The van der Waals surface area contributed by atoms with Gasteiger partial charge in [-0.25, -0.2) is 9.97 Å². The summed E-state index contributed by atoms with van der Waals surface area (Å²) < 4.78 is 5.33. The van der Waals surface area contributed by atoms with Gasteiger partial charge in [-0.3, -0.25) is 4.98 Å². The molecule has 3 aromatic heterocycles. The Kier molecular flexibility index (Phi) is 4.10. The van der Waals surface area contributed by atoms with Crippen LogP contribution in [0.15, 0.2) is 41.4 Å².